The van der Waals surface area contributed by atoms with Gasteiger partial charge in [-0.15, -0.1) is 0 Å². The Kier molecular flexibility index (Phi) is 5.21. The lowest BCUT2D eigenvalue weighted by atomic mass is 9.96. The van der Waals surface area contributed by atoms with E-state index in [2.05, 4.69) is 135 Å². The molecular formula is C32H22. The highest BCUT2D eigenvalue weighted by molar-refractivity contribution is 6.03. The summed E-state index contributed by atoms with van der Waals surface area (Å²) in [4.78, 5) is 0. The van der Waals surface area contributed by atoms with Crippen LogP contribution >= 0.6 is 0 Å². The minimum absolute atomic E-state index is 1.02. The Morgan fingerprint density at radius 1 is 0.438 bits per heavy atom. The normalized spacial score (nSPS) is 10.3. The highest BCUT2D eigenvalue weighted by Gasteiger charge is 2.06. The zero-order valence-corrected chi connectivity index (χ0v) is 18.2. The van der Waals surface area contributed by atoms with E-state index in [1.165, 1.54) is 21.9 Å². The molecule has 0 bridgehead atoms. The van der Waals surface area contributed by atoms with Crippen molar-refractivity contribution < 1.29 is 0 Å². The minimum atomic E-state index is 1.02. The van der Waals surface area contributed by atoms with Crippen molar-refractivity contribution in [3.8, 4) is 23.7 Å². The van der Waals surface area contributed by atoms with Gasteiger partial charge in [0.2, 0.25) is 0 Å². The Hall–Kier alpha value is -4.26. The Morgan fingerprint density at radius 3 is 1.25 bits per heavy atom. The summed E-state index contributed by atoms with van der Waals surface area (Å²) < 4.78 is 0. The lowest BCUT2D eigenvalue weighted by Crippen LogP contribution is -1.87. The van der Waals surface area contributed by atoms with E-state index in [1.807, 2.05) is 0 Å². The number of hydrogen-bond acceptors (Lipinski definition) is 0. The molecule has 0 aromatic heterocycles. The van der Waals surface area contributed by atoms with E-state index in [1.54, 1.807) is 0 Å². The van der Waals surface area contributed by atoms with Crippen molar-refractivity contribution in [2.75, 3.05) is 0 Å². The minimum Gasteiger partial charge on any atom is -0.0616 e. The van der Waals surface area contributed by atoms with Crippen molar-refractivity contribution >= 4 is 21.5 Å². The van der Waals surface area contributed by atoms with E-state index in [0.717, 1.165) is 33.0 Å². The SMILES string of the molecule is Cc1ccc(C#Cc2ccc(C#Cc3ccc(C)cc3)c3cc4ccccc4cc23)cc1. The largest absolute Gasteiger partial charge is 0.0616 e. The molecule has 5 aromatic carbocycles. The van der Waals surface area contributed by atoms with Gasteiger partial charge in [-0.25, -0.2) is 0 Å². The van der Waals surface area contributed by atoms with Gasteiger partial charge in [-0.1, -0.05) is 83.3 Å². The Balaban J connectivity index is 1.66. The van der Waals surface area contributed by atoms with Crippen LogP contribution in [-0.2, 0) is 0 Å². The molecule has 5 rings (SSSR count). The van der Waals surface area contributed by atoms with Crippen LogP contribution in [0.4, 0.5) is 0 Å². The van der Waals surface area contributed by atoms with Gasteiger partial charge in [-0.2, -0.15) is 0 Å². The highest BCUT2D eigenvalue weighted by atomic mass is 14.1. The second kappa shape index (κ2) is 8.47. The molecule has 150 valence electrons. The third-order valence-electron chi connectivity index (χ3n) is 5.67. The van der Waals surface area contributed by atoms with Crippen molar-refractivity contribution in [3.63, 3.8) is 0 Å². The zero-order valence-electron chi connectivity index (χ0n) is 18.2. The zero-order chi connectivity index (χ0) is 21.9. The second-order valence-corrected chi connectivity index (χ2v) is 8.14. The Labute approximate surface area is 189 Å². The molecule has 0 saturated heterocycles. The lowest BCUT2D eigenvalue weighted by Gasteiger charge is -2.07. The van der Waals surface area contributed by atoms with Gasteiger partial charge >= 0.3 is 0 Å². The van der Waals surface area contributed by atoms with Crippen LogP contribution in [0.15, 0.2) is 97.1 Å². The molecule has 0 atom stereocenters. The summed E-state index contributed by atoms with van der Waals surface area (Å²) in [6.45, 7) is 4.18. The molecular weight excluding hydrogens is 384 g/mol. The molecule has 0 aliphatic rings. The number of rotatable bonds is 0. The van der Waals surface area contributed by atoms with Gasteiger partial charge < -0.3 is 0 Å². The number of fused-ring (bicyclic) bond motifs is 2. The summed E-state index contributed by atoms with van der Waals surface area (Å²) in [5.41, 5.74) is 6.56. The maximum absolute atomic E-state index is 3.40. The van der Waals surface area contributed by atoms with Gasteiger partial charge in [0.25, 0.3) is 0 Å². The van der Waals surface area contributed by atoms with Crippen molar-refractivity contribution in [3.05, 3.63) is 130 Å². The van der Waals surface area contributed by atoms with Crippen LogP contribution in [0.3, 0.4) is 0 Å². The van der Waals surface area contributed by atoms with E-state index in [4.69, 9.17) is 0 Å². The third-order valence-corrected chi connectivity index (χ3v) is 5.67. The van der Waals surface area contributed by atoms with Gasteiger partial charge in [-0.05, 0) is 83.9 Å². The molecule has 0 saturated carbocycles. The van der Waals surface area contributed by atoms with Crippen LogP contribution in [-0.4, -0.2) is 0 Å². The van der Waals surface area contributed by atoms with Crippen LogP contribution in [0, 0.1) is 37.5 Å². The average molecular weight is 407 g/mol. The molecule has 0 radical (unpaired) electrons. The monoisotopic (exact) mass is 406 g/mol. The fourth-order valence-corrected chi connectivity index (χ4v) is 3.80. The molecule has 0 aliphatic heterocycles. The first-order valence-electron chi connectivity index (χ1n) is 10.8. The standard InChI is InChI=1S/C32H22/c1-23-7-11-25(12-8-23)15-17-27-19-20-28(18-16-26-13-9-24(2)10-14-26)32-22-30-6-4-3-5-29(30)21-31(27)32/h3-14,19-22H,1-2H3. The molecule has 32 heavy (non-hydrogen) atoms. The molecule has 0 heterocycles. The summed E-state index contributed by atoms with van der Waals surface area (Å²) in [6, 6.07) is 33.8. The first-order valence-corrected chi connectivity index (χ1v) is 10.8. The number of benzene rings is 5. The van der Waals surface area contributed by atoms with Crippen molar-refractivity contribution in [2.24, 2.45) is 0 Å². The summed E-state index contributed by atoms with van der Waals surface area (Å²) in [6.07, 6.45) is 0. The number of hydrogen-bond donors (Lipinski definition) is 0. The van der Waals surface area contributed by atoms with Crippen LogP contribution in [0.1, 0.15) is 33.4 Å². The van der Waals surface area contributed by atoms with E-state index in [-0.39, 0.29) is 0 Å². The maximum Gasteiger partial charge on any atom is 0.0328 e. The molecule has 0 spiro atoms. The van der Waals surface area contributed by atoms with E-state index >= 15 is 0 Å². The van der Waals surface area contributed by atoms with Crippen LogP contribution in [0.2, 0.25) is 0 Å². The molecule has 0 nitrogen and oxygen atoms in total. The van der Waals surface area contributed by atoms with Crippen LogP contribution in [0.25, 0.3) is 21.5 Å². The predicted octanol–water partition coefficient (Wildman–Crippen LogP) is 7.41. The molecule has 5 aromatic rings. The first kappa shape index (κ1) is 19.7. The molecule has 0 fully saturated rings. The predicted molar refractivity (Wildman–Crippen MR) is 136 cm³/mol. The molecule has 0 amide bonds. The van der Waals surface area contributed by atoms with Gasteiger partial charge in [0.1, 0.15) is 0 Å². The summed E-state index contributed by atoms with van der Waals surface area (Å²) in [7, 11) is 0. The molecule has 0 unspecified atom stereocenters. The number of aryl methyl sites for hydroxylation is 2. The smallest absolute Gasteiger partial charge is 0.0328 e. The van der Waals surface area contributed by atoms with E-state index in [9.17, 15) is 0 Å². The third kappa shape index (κ3) is 4.13. The summed E-state index contributed by atoms with van der Waals surface area (Å²) >= 11 is 0. The van der Waals surface area contributed by atoms with Crippen LogP contribution < -0.4 is 0 Å². The van der Waals surface area contributed by atoms with Gasteiger partial charge in [0.15, 0.2) is 0 Å². The average Bonchev–Trinajstić information content (AvgIpc) is 2.82. The second-order valence-electron chi connectivity index (χ2n) is 8.14. The quantitative estimate of drug-likeness (QED) is 0.185. The fraction of sp³-hybridized carbons (Fsp3) is 0.0625. The Morgan fingerprint density at radius 2 is 0.844 bits per heavy atom. The van der Waals surface area contributed by atoms with Crippen molar-refractivity contribution in [2.45, 2.75) is 13.8 Å². The first-order chi connectivity index (χ1) is 15.7. The van der Waals surface area contributed by atoms with E-state index < -0.39 is 0 Å². The fourth-order valence-electron chi connectivity index (χ4n) is 3.80. The van der Waals surface area contributed by atoms with Crippen molar-refractivity contribution in [1.29, 1.82) is 0 Å². The lowest BCUT2D eigenvalue weighted by molar-refractivity contribution is 1.46. The van der Waals surface area contributed by atoms with E-state index in [0.29, 0.717) is 0 Å². The summed E-state index contributed by atoms with van der Waals surface area (Å²) in [5, 5.41) is 4.70. The van der Waals surface area contributed by atoms with Gasteiger partial charge in [-0.3, -0.25) is 0 Å². The molecule has 0 N–H and O–H groups in total. The maximum atomic E-state index is 3.40. The highest BCUT2D eigenvalue weighted by Crippen LogP contribution is 2.28. The summed E-state index contributed by atoms with van der Waals surface area (Å²) in [5.74, 6) is 13.4. The van der Waals surface area contributed by atoms with Gasteiger partial charge in [0.05, 0.1) is 0 Å². The molecule has 0 heteroatoms. The topological polar surface area (TPSA) is 0 Å². The van der Waals surface area contributed by atoms with Crippen LogP contribution in [0.5, 0.6) is 0 Å². The van der Waals surface area contributed by atoms with Gasteiger partial charge in [0, 0.05) is 22.3 Å². The van der Waals surface area contributed by atoms with Crippen molar-refractivity contribution in [1.82, 2.24) is 0 Å². The Bertz CT molecular complexity index is 1440. The molecule has 0 aliphatic carbocycles.